The predicted molar refractivity (Wildman–Crippen MR) is 112 cm³/mol. The van der Waals surface area contributed by atoms with Gasteiger partial charge in [0.2, 0.25) is 5.91 Å². The van der Waals surface area contributed by atoms with Gasteiger partial charge in [-0.1, -0.05) is 0 Å². The number of amides is 2. The maximum absolute atomic E-state index is 12.2. The molecule has 0 bridgehead atoms. The monoisotopic (exact) mass is 414 g/mol. The van der Waals surface area contributed by atoms with Gasteiger partial charge in [-0.3, -0.25) is 9.59 Å². The molecule has 154 valence electrons. The maximum Gasteiger partial charge on any atom is 0.254 e. The van der Waals surface area contributed by atoms with E-state index in [1.54, 1.807) is 15.9 Å². The fourth-order valence-corrected chi connectivity index (χ4v) is 4.14. The molecule has 2 amide bonds. The van der Waals surface area contributed by atoms with Crippen LogP contribution < -0.4 is 11.1 Å². The quantitative estimate of drug-likeness (QED) is 0.521. The molecular formula is C20H26N6O2S. The van der Waals surface area contributed by atoms with Crippen molar-refractivity contribution < 1.29 is 9.59 Å². The van der Waals surface area contributed by atoms with Crippen LogP contribution in [0.3, 0.4) is 0 Å². The third-order valence-electron chi connectivity index (χ3n) is 4.88. The maximum atomic E-state index is 12.2. The molecule has 0 aliphatic heterocycles. The van der Waals surface area contributed by atoms with Crippen molar-refractivity contribution in [2.75, 3.05) is 6.54 Å². The summed E-state index contributed by atoms with van der Waals surface area (Å²) in [5.41, 5.74) is 9.81. The lowest BCUT2D eigenvalue weighted by Gasteiger charge is -2.11. The lowest BCUT2D eigenvalue weighted by molar-refractivity contribution is -0.121. The molecule has 0 spiro atoms. The lowest BCUT2D eigenvalue weighted by Crippen LogP contribution is -2.25. The first-order valence-electron chi connectivity index (χ1n) is 9.68. The van der Waals surface area contributed by atoms with Crippen molar-refractivity contribution in [2.24, 2.45) is 5.73 Å². The number of nitrogens with one attached hydrogen (secondary N) is 1. The van der Waals surface area contributed by atoms with Crippen molar-refractivity contribution in [3.05, 3.63) is 44.8 Å². The van der Waals surface area contributed by atoms with Gasteiger partial charge >= 0.3 is 0 Å². The first kappa shape index (κ1) is 20.9. The minimum Gasteiger partial charge on any atom is -0.365 e. The Hall–Kier alpha value is -2.81. The van der Waals surface area contributed by atoms with Crippen LogP contribution in [-0.4, -0.2) is 37.9 Å². The fourth-order valence-electron chi connectivity index (χ4n) is 3.32. The topological polar surface area (TPSA) is 115 Å². The van der Waals surface area contributed by atoms with Gasteiger partial charge in [0.05, 0.1) is 11.2 Å². The Balaban J connectivity index is 1.49. The number of nitrogens with two attached hydrogens (primary N) is 1. The van der Waals surface area contributed by atoms with Crippen LogP contribution in [0.4, 0.5) is 0 Å². The molecule has 3 rings (SSSR count). The number of rotatable bonds is 9. The summed E-state index contributed by atoms with van der Waals surface area (Å²) >= 11 is 1.69. The summed E-state index contributed by atoms with van der Waals surface area (Å²) in [6.45, 7) is 6.45. The van der Waals surface area contributed by atoms with Crippen LogP contribution in [0.25, 0.3) is 5.65 Å². The molecule has 29 heavy (non-hydrogen) atoms. The van der Waals surface area contributed by atoms with Crippen LogP contribution in [0.2, 0.25) is 0 Å². The van der Waals surface area contributed by atoms with Crippen molar-refractivity contribution >= 4 is 28.8 Å². The van der Waals surface area contributed by atoms with Crippen LogP contribution in [-0.2, 0) is 17.6 Å². The van der Waals surface area contributed by atoms with Crippen molar-refractivity contribution in [3.8, 4) is 0 Å². The molecule has 0 radical (unpaired) electrons. The summed E-state index contributed by atoms with van der Waals surface area (Å²) in [4.78, 5) is 32.6. The lowest BCUT2D eigenvalue weighted by atomic mass is 10.1. The highest BCUT2D eigenvalue weighted by molar-refractivity contribution is 7.09. The molecule has 0 saturated heterocycles. The minimum atomic E-state index is -0.552. The van der Waals surface area contributed by atoms with Crippen LogP contribution >= 0.6 is 11.3 Å². The predicted octanol–water partition coefficient (Wildman–Crippen LogP) is 2.28. The van der Waals surface area contributed by atoms with Gasteiger partial charge in [0.25, 0.3) is 5.91 Å². The molecule has 8 nitrogen and oxygen atoms in total. The molecule has 3 aromatic rings. The van der Waals surface area contributed by atoms with Gasteiger partial charge in [-0.15, -0.1) is 11.3 Å². The van der Waals surface area contributed by atoms with Crippen LogP contribution in [0.5, 0.6) is 0 Å². The van der Waals surface area contributed by atoms with Crippen molar-refractivity contribution in [3.63, 3.8) is 0 Å². The average molecular weight is 415 g/mol. The molecule has 0 atom stereocenters. The summed E-state index contributed by atoms with van der Waals surface area (Å²) in [5, 5.41) is 10.4. The fraction of sp³-hybridized carbons (Fsp3) is 0.450. The highest BCUT2D eigenvalue weighted by atomic mass is 32.1. The standard InChI is InChI=1S/C20H26N6O2S/c1-12-11-29-18(24-12)6-4-5-9-22-17(27)8-7-15-13(2)25-20-16(19(21)28)10-23-26(20)14(15)3/h10-11H,4-9H2,1-3H3,(H2,21,28)(H,22,27). The zero-order chi connectivity index (χ0) is 21.0. The van der Waals surface area contributed by atoms with Gasteiger partial charge in [0.15, 0.2) is 5.65 Å². The molecular weight excluding hydrogens is 388 g/mol. The number of carbonyl (C=O) groups excluding carboxylic acids is 2. The van der Waals surface area contributed by atoms with Crippen LogP contribution in [0.1, 0.15) is 57.3 Å². The Morgan fingerprint density at radius 1 is 1.17 bits per heavy atom. The Kier molecular flexibility index (Phi) is 6.58. The van der Waals surface area contributed by atoms with Gasteiger partial charge < -0.3 is 11.1 Å². The Morgan fingerprint density at radius 3 is 2.66 bits per heavy atom. The van der Waals surface area contributed by atoms with E-state index in [1.165, 1.54) is 6.20 Å². The number of fused-ring (bicyclic) bond motifs is 1. The highest BCUT2D eigenvalue weighted by Gasteiger charge is 2.17. The zero-order valence-corrected chi connectivity index (χ0v) is 17.8. The van der Waals surface area contributed by atoms with E-state index in [0.717, 1.165) is 46.9 Å². The second kappa shape index (κ2) is 9.13. The minimum absolute atomic E-state index is 0.0206. The van der Waals surface area contributed by atoms with Crippen LogP contribution in [0, 0.1) is 20.8 Å². The van der Waals surface area contributed by atoms with Gasteiger partial charge in [0, 0.05) is 35.4 Å². The molecule has 0 aromatic carbocycles. The second-order valence-electron chi connectivity index (χ2n) is 7.11. The molecule has 0 unspecified atom stereocenters. The number of hydrogen-bond donors (Lipinski definition) is 2. The summed E-state index contributed by atoms with van der Waals surface area (Å²) in [6, 6.07) is 0. The van der Waals surface area contributed by atoms with E-state index in [0.29, 0.717) is 30.6 Å². The zero-order valence-electron chi connectivity index (χ0n) is 17.0. The summed E-state index contributed by atoms with van der Waals surface area (Å²) in [6.07, 6.45) is 5.27. The Labute approximate surface area is 173 Å². The number of aromatic nitrogens is 4. The third kappa shape index (κ3) is 4.97. The number of primary amides is 1. The van der Waals surface area contributed by atoms with E-state index < -0.39 is 5.91 Å². The molecule has 9 heteroatoms. The van der Waals surface area contributed by atoms with E-state index in [-0.39, 0.29) is 5.91 Å². The average Bonchev–Trinajstić information content (AvgIpc) is 3.27. The number of unbranched alkanes of at least 4 members (excludes halogenated alkanes) is 1. The number of thiazole rings is 1. The first-order chi connectivity index (χ1) is 13.9. The Morgan fingerprint density at radius 2 is 1.97 bits per heavy atom. The molecule has 3 aromatic heterocycles. The first-order valence-corrected chi connectivity index (χ1v) is 10.6. The number of nitrogens with zero attached hydrogens (tertiary/aromatic N) is 4. The molecule has 0 aliphatic rings. The van der Waals surface area contributed by atoms with Gasteiger partial charge in [0.1, 0.15) is 5.56 Å². The number of aryl methyl sites for hydroxylation is 4. The smallest absolute Gasteiger partial charge is 0.254 e. The normalized spacial score (nSPS) is 11.1. The van der Waals surface area contributed by atoms with E-state index in [2.05, 4.69) is 25.8 Å². The summed E-state index contributed by atoms with van der Waals surface area (Å²) in [7, 11) is 0. The van der Waals surface area contributed by atoms with Crippen molar-refractivity contribution in [2.45, 2.75) is 52.9 Å². The van der Waals surface area contributed by atoms with Gasteiger partial charge in [-0.25, -0.2) is 14.5 Å². The second-order valence-corrected chi connectivity index (χ2v) is 8.05. The van der Waals surface area contributed by atoms with Crippen LogP contribution in [0.15, 0.2) is 11.6 Å². The molecule has 0 saturated carbocycles. The molecule has 0 fully saturated rings. The largest absolute Gasteiger partial charge is 0.365 e. The van der Waals surface area contributed by atoms with E-state index in [1.807, 2.05) is 20.8 Å². The Bertz CT molecular complexity index is 1040. The van der Waals surface area contributed by atoms with Gasteiger partial charge in [-0.2, -0.15) is 5.10 Å². The summed E-state index contributed by atoms with van der Waals surface area (Å²) in [5.74, 6) is -0.532. The van der Waals surface area contributed by atoms with Crippen molar-refractivity contribution in [1.29, 1.82) is 0 Å². The number of carbonyl (C=O) groups is 2. The van der Waals surface area contributed by atoms with E-state index in [4.69, 9.17) is 5.73 Å². The van der Waals surface area contributed by atoms with E-state index >= 15 is 0 Å². The van der Waals surface area contributed by atoms with Gasteiger partial charge in [-0.05, 0) is 52.0 Å². The third-order valence-corrected chi connectivity index (χ3v) is 5.91. The summed E-state index contributed by atoms with van der Waals surface area (Å²) < 4.78 is 1.61. The molecule has 3 N–H and O–H groups in total. The molecule has 0 aliphatic carbocycles. The van der Waals surface area contributed by atoms with E-state index in [9.17, 15) is 9.59 Å². The van der Waals surface area contributed by atoms with Crippen molar-refractivity contribution in [1.82, 2.24) is 24.9 Å². The molecule has 3 heterocycles. The SMILES string of the molecule is Cc1csc(CCCCNC(=O)CCc2c(C)nc3c(C(N)=O)cnn3c2C)n1. The number of hydrogen-bond acceptors (Lipinski definition) is 6. The highest BCUT2D eigenvalue weighted by Crippen LogP contribution is 2.18.